The van der Waals surface area contributed by atoms with Crippen molar-refractivity contribution in [1.29, 1.82) is 0 Å². The lowest BCUT2D eigenvalue weighted by molar-refractivity contribution is 0.0598. The maximum absolute atomic E-state index is 11.4. The first-order valence-electron chi connectivity index (χ1n) is 5.99. The molecule has 1 aromatic carbocycles. The largest absolute Gasteiger partial charge is 0.486 e. The van der Waals surface area contributed by atoms with Crippen molar-refractivity contribution >= 4 is 11.7 Å². The molecule has 0 unspecified atom stereocenters. The van der Waals surface area contributed by atoms with Crippen LogP contribution < -0.4 is 10.5 Å². The lowest BCUT2D eigenvalue weighted by atomic mass is 10.2. The van der Waals surface area contributed by atoms with E-state index >= 15 is 0 Å². The van der Waals surface area contributed by atoms with Gasteiger partial charge in [-0.1, -0.05) is 0 Å². The van der Waals surface area contributed by atoms with Crippen molar-refractivity contribution in [3.05, 3.63) is 47.5 Å². The minimum Gasteiger partial charge on any atom is -0.486 e. The molecule has 0 aliphatic carbocycles. The van der Waals surface area contributed by atoms with E-state index in [0.717, 1.165) is 0 Å². The molecular weight excluding hydrogens is 258 g/mol. The first kappa shape index (κ1) is 13.8. The molecule has 6 heteroatoms. The van der Waals surface area contributed by atoms with E-state index in [0.29, 0.717) is 28.5 Å². The van der Waals surface area contributed by atoms with Crippen molar-refractivity contribution in [2.24, 2.45) is 0 Å². The zero-order valence-corrected chi connectivity index (χ0v) is 11.3. The fraction of sp³-hybridized carbons (Fsp3) is 0.214. The number of nitrogen functional groups attached to an aromatic ring is 1. The minimum absolute atomic E-state index is 0.214. The Labute approximate surface area is 116 Å². The van der Waals surface area contributed by atoms with Crippen LogP contribution in [0.4, 0.5) is 5.69 Å². The van der Waals surface area contributed by atoms with Gasteiger partial charge >= 0.3 is 5.97 Å². The summed E-state index contributed by atoms with van der Waals surface area (Å²) in [5.74, 6) is 0.720. The van der Waals surface area contributed by atoms with Crippen molar-refractivity contribution in [3.63, 3.8) is 0 Å². The number of hydrogen-bond donors (Lipinski definition) is 1. The molecule has 0 bridgehead atoms. The van der Waals surface area contributed by atoms with Gasteiger partial charge in [-0.2, -0.15) is 0 Å². The van der Waals surface area contributed by atoms with Crippen LogP contribution in [0.2, 0.25) is 0 Å². The summed E-state index contributed by atoms with van der Waals surface area (Å²) < 4.78 is 10.2. The molecule has 0 saturated heterocycles. The van der Waals surface area contributed by atoms with Crippen LogP contribution in [0.3, 0.4) is 0 Å². The molecule has 20 heavy (non-hydrogen) atoms. The van der Waals surface area contributed by atoms with Crippen LogP contribution in [0, 0.1) is 6.92 Å². The summed E-state index contributed by atoms with van der Waals surface area (Å²) in [5.41, 5.74) is 7.17. The molecule has 2 aromatic rings. The van der Waals surface area contributed by atoms with Crippen LogP contribution in [0.5, 0.6) is 5.75 Å². The average Bonchev–Trinajstić information content (AvgIpc) is 2.46. The first-order chi connectivity index (χ1) is 9.60. The molecule has 1 aromatic heterocycles. The summed E-state index contributed by atoms with van der Waals surface area (Å²) >= 11 is 0. The SMILES string of the molecule is COC(=O)c1cnc(COc2ccc(N)cc2)nc1C. The molecule has 1 heterocycles. The molecule has 0 atom stereocenters. The fourth-order valence-corrected chi connectivity index (χ4v) is 1.61. The van der Waals surface area contributed by atoms with E-state index in [1.165, 1.54) is 13.3 Å². The van der Waals surface area contributed by atoms with Crippen LogP contribution >= 0.6 is 0 Å². The number of benzene rings is 1. The number of carbonyl (C=O) groups excluding carboxylic acids is 1. The highest BCUT2D eigenvalue weighted by molar-refractivity contribution is 5.89. The highest BCUT2D eigenvalue weighted by atomic mass is 16.5. The van der Waals surface area contributed by atoms with Crippen molar-refractivity contribution < 1.29 is 14.3 Å². The number of hydrogen-bond acceptors (Lipinski definition) is 6. The van der Waals surface area contributed by atoms with Crippen LogP contribution in [-0.2, 0) is 11.3 Å². The molecule has 0 aliphatic heterocycles. The Morgan fingerprint density at radius 1 is 1.30 bits per heavy atom. The average molecular weight is 273 g/mol. The Hall–Kier alpha value is -2.63. The number of nitrogens with zero attached hydrogens (tertiary/aromatic N) is 2. The number of nitrogens with two attached hydrogens (primary N) is 1. The standard InChI is InChI=1S/C14H15N3O3/c1-9-12(14(18)19-2)7-16-13(17-9)8-20-11-5-3-10(15)4-6-11/h3-7H,8,15H2,1-2H3. The molecular formula is C14H15N3O3. The predicted molar refractivity (Wildman–Crippen MR) is 73.3 cm³/mol. The van der Waals surface area contributed by atoms with Crippen LogP contribution in [-0.4, -0.2) is 23.0 Å². The molecule has 0 spiro atoms. The molecule has 0 saturated carbocycles. The van der Waals surface area contributed by atoms with Gasteiger partial charge in [-0.3, -0.25) is 0 Å². The van der Waals surface area contributed by atoms with Gasteiger partial charge < -0.3 is 15.2 Å². The second kappa shape index (κ2) is 6.01. The maximum atomic E-state index is 11.4. The topological polar surface area (TPSA) is 87.3 Å². The minimum atomic E-state index is -0.450. The van der Waals surface area contributed by atoms with Gasteiger partial charge in [-0.05, 0) is 31.2 Å². The second-order valence-electron chi connectivity index (χ2n) is 4.13. The van der Waals surface area contributed by atoms with E-state index in [1.54, 1.807) is 31.2 Å². The second-order valence-corrected chi connectivity index (χ2v) is 4.13. The quantitative estimate of drug-likeness (QED) is 0.674. The first-order valence-corrected chi connectivity index (χ1v) is 5.99. The molecule has 2 rings (SSSR count). The smallest absolute Gasteiger partial charge is 0.341 e. The Morgan fingerprint density at radius 3 is 2.60 bits per heavy atom. The molecule has 6 nitrogen and oxygen atoms in total. The Morgan fingerprint density at radius 2 is 2.00 bits per heavy atom. The summed E-state index contributed by atoms with van der Waals surface area (Å²) in [6, 6.07) is 7.04. The van der Waals surface area contributed by atoms with Crippen LogP contribution in [0.25, 0.3) is 0 Å². The number of esters is 1. The van der Waals surface area contributed by atoms with Gasteiger partial charge in [0.25, 0.3) is 0 Å². The van der Waals surface area contributed by atoms with E-state index in [1.807, 2.05) is 0 Å². The number of aromatic nitrogens is 2. The van der Waals surface area contributed by atoms with Gasteiger partial charge in [0.2, 0.25) is 0 Å². The lowest BCUT2D eigenvalue weighted by Crippen LogP contribution is -2.10. The molecule has 0 fully saturated rings. The van der Waals surface area contributed by atoms with Crippen molar-refractivity contribution in [1.82, 2.24) is 9.97 Å². The van der Waals surface area contributed by atoms with Gasteiger partial charge in [0.1, 0.15) is 12.4 Å². The van der Waals surface area contributed by atoms with E-state index < -0.39 is 5.97 Å². The van der Waals surface area contributed by atoms with Crippen molar-refractivity contribution in [2.75, 3.05) is 12.8 Å². The number of anilines is 1. The van der Waals surface area contributed by atoms with E-state index in [9.17, 15) is 4.79 Å². The molecule has 0 radical (unpaired) electrons. The Bertz CT molecular complexity index is 612. The molecule has 0 amide bonds. The zero-order valence-electron chi connectivity index (χ0n) is 11.3. The highest BCUT2D eigenvalue weighted by Crippen LogP contribution is 2.14. The van der Waals surface area contributed by atoms with E-state index in [2.05, 4.69) is 14.7 Å². The molecule has 0 aliphatic rings. The number of aryl methyl sites for hydroxylation is 1. The molecule has 104 valence electrons. The summed E-state index contributed by atoms with van der Waals surface area (Å²) in [4.78, 5) is 19.7. The summed E-state index contributed by atoms with van der Waals surface area (Å²) in [7, 11) is 1.32. The van der Waals surface area contributed by atoms with E-state index in [4.69, 9.17) is 10.5 Å². The summed E-state index contributed by atoms with van der Waals surface area (Å²) in [6.07, 6.45) is 1.44. The summed E-state index contributed by atoms with van der Waals surface area (Å²) in [6.45, 7) is 1.94. The zero-order chi connectivity index (χ0) is 14.5. The Kier molecular flexibility index (Phi) is 4.14. The number of ether oxygens (including phenoxy) is 2. The van der Waals surface area contributed by atoms with Gasteiger partial charge in [0.05, 0.1) is 18.4 Å². The number of carbonyl (C=O) groups is 1. The van der Waals surface area contributed by atoms with Gasteiger partial charge in [0, 0.05) is 11.9 Å². The highest BCUT2D eigenvalue weighted by Gasteiger charge is 2.11. The third-order valence-electron chi connectivity index (χ3n) is 2.68. The monoisotopic (exact) mass is 273 g/mol. The van der Waals surface area contributed by atoms with Crippen molar-refractivity contribution in [3.8, 4) is 5.75 Å². The normalized spacial score (nSPS) is 10.1. The number of methoxy groups -OCH3 is 1. The Balaban J connectivity index is 2.05. The van der Waals surface area contributed by atoms with Crippen LogP contribution in [0.1, 0.15) is 21.9 Å². The summed E-state index contributed by atoms with van der Waals surface area (Å²) in [5, 5.41) is 0. The van der Waals surface area contributed by atoms with E-state index in [-0.39, 0.29) is 6.61 Å². The lowest BCUT2D eigenvalue weighted by Gasteiger charge is -2.07. The fourth-order valence-electron chi connectivity index (χ4n) is 1.61. The van der Waals surface area contributed by atoms with Crippen LogP contribution in [0.15, 0.2) is 30.5 Å². The van der Waals surface area contributed by atoms with Gasteiger partial charge in [-0.25, -0.2) is 14.8 Å². The van der Waals surface area contributed by atoms with Gasteiger partial charge in [-0.15, -0.1) is 0 Å². The van der Waals surface area contributed by atoms with Crippen molar-refractivity contribution in [2.45, 2.75) is 13.5 Å². The number of rotatable bonds is 4. The maximum Gasteiger partial charge on any atom is 0.341 e. The molecule has 2 N–H and O–H groups in total. The predicted octanol–water partition coefficient (Wildman–Crippen LogP) is 1.73. The van der Waals surface area contributed by atoms with Gasteiger partial charge in [0.15, 0.2) is 5.82 Å². The third kappa shape index (κ3) is 3.23. The third-order valence-corrected chi connectivity index (χ3v) is 2.68.